The van der Waals surface area contributed by atoms with Gasteiger partial charge in [0.1, 0.15) is 11.5 Å². The van der Waals surface area contributed by atoms with E-state index < -0.39 is 17.5 Å². The highest BCUT2D eigenvalue weighted by molar-refractivity contribution is 6.30. The summed E-state index contributed by atoms with van der Waals surface area (Å²) in [5.41, 5.74) is 7.02. The van der Waals surface area contributed by atoms with Gasteiger partial charge in [0, 0.05) is 18.0 Å². The lowest BCUT2D eigenvalue weighted by atomic mass is 10.1. The van der Waals surface area contributed by atoms with Crippen molar-refractivity contribution in [2.75, 3.05) is 0 Å². The summed E-state index contributed by atoms with van der Waals surface area (Å²) in [6.45, 7) is 3.73. The van der Waals surface area contributed by atoms with Crippen molar-refractivity contribution >= 4 is 23.7 Å². The number of hydrogen-bond donors (Lipinski definition) is 3. The summed E-state index contributed by atoms with van der Waals surface area (Å²) in [6.07, 6.45) is 1.85. The van der Waals surface area contributed by atoms with E-state index in [2.05, 4.69) is 10.3 Å². The van der Waals surface area contributed by atoms with Crippen LogP contribution in [-0.4, -0.2) is 34.8 Å². The molecular weight excluding hydrogens is 302 g/mol. The lowest BCUT2D eigenvalue weighted by Crippen LogP contribution is -2.44. The fraction of sp³-hybridized carbons (Fsp3) is 0.375. The second-order valence-electron chi connectivity index (χ2n) is 4.98. The van der Waals surface area contributed by atoms with Crippen LogP contribution >= 0.6 is 11.6 Å². The normalized spacial score (nSPS) is 16.3. The van der Waals surface area contributed by atoms with E-state index in [0.29, 0.717) is 12.1 Å². The molecule has 120 valence electrons. The fourth-order valence-electron chi connectivity index (χ4n) is 1.76. The molecule has 0 fully saturated rings. The molecule has 0 saturated carbocycles. The number of aliphatic hydroxyl groups is 1. The van der Waals surface area contributed by atoms with E-state index in [1.807, 2.05) is 30.3 Å². The summed E-state index contributed by atoms with van der Waals surface area (Å²) < 4.78 is 0. The minimum Gasteiger partial charge on any atom is -0.404 e. The van der Waals surface area contributed by atoms with Gasteiger partial charge in [-0.3, -0.25) is 9.79 Å². The maximum Gasteiger partial charge on any atom is 0.238 e. The van der Waals surface area contributed by atoms with E-state index in [4.69, 9.17) is 17.3 Å². The predicted octanol–water partition coefficient (Wildman–Crippen LogP) is 1.59. The van der Waals surface area contributed by atoms with Crippen molar-refractivity contribution in [1.82, 2.24) is 5.32 Å². The van der Waals surface area contributed by atoms with Crippen molar-refractivity contribution in [1.29, 1.82) is 0 Å². The number of hydrogen-bond acceptors (Lipinski definition) is 4. The molecule has 22 heavy (non-hydrogen) atoms. The summed E-state index contributed by atoms with van der Waals surface area (Å²) in [6, 6.07) is 9.21. The highest BCUT2D eigenvalue weighted by Gasteiger charge is 2.21. The summed E-state index contributed by atoms with van der Waals surface area (Å²) in [5, 5.41) is 12.2. The zero-order chi connectivity index (χ0) is 16.5. The summed E-state index contributed by atoms with van der Waals surface area (Å²) in [7, 11) is 0. The Hall–Kier alpha value is -1.85. The standard InChI is InChI=1S/C16H22ClN3O2/c1-11(17)16(22)20-12(2)15(21)14(8-18)10-19-9-13-6-4-3-5-7-13/h3-8,10-12,15,21H,9,18H2,1-2H3,(H,20,22). The number of alkyl halides is 1. The van der Waals surface area contributed by atoms with E-state index in [9.17, 15) is 9.90 Å². The minimum absolute atomic E-state index is 0.342. The Morgan fingerprint density at radius 1 is 1.41 bits per heavy atom. The minimum atomic E-state index is -0.955. The van der Waals surface area contributed by atoms with E-state index >= 15 is 0 Å². The van der Waals surface area contributed by atoms with Gasteiger partial charge in [0.05, 0.1) is 12.6 Å². The molecule has 0 aliphatic heterocycles. The number of carbonyl (C=O) groups excluding carboxylic acids is 1. The van der Waals surface area contributed by atoms with E-state index in [1.165, 1.54) is 12.4 Å². The van der Waals surface area contributed by atoms with Gasteiger partial charge >= 0.3 is 0 Å². The maximum absolute atomic E-state index is 11.5. The summed E-state index contributed by atoms with van der Waals surface area (Å²) in [4.78, 5) is 15.8. The predicted molar refractivity (Wildman–Crippen MR) is 89.8 cm³/mol. The number of amides is 1. The average Bonchev–Trinajstić information content (AvgIpc) is 2.51. The Morgan fingerprint density at radius 2 is 2.05 bits per heavy atom. The lowest BCUT2D eigenvalue weighted by molar-refractivity contribution is -0.121. The van der Waals surface area contributed by atoms with Crippen LogP contribution in [0.15, 0.2) is 47.1 Å². The zero-order valence-corrected chi connectivity index (χ0v) is 13.5. The number of benzene rings is 1. The second-order valence-corrected chi connectivity index (χ2v) is 5.63. The summed E-state index contributed by atoms with van der Waals surface area (Å²) in [5.74, 6) is -0.342. The van der Waals surface area contributed by atoms with E-state index in [-0.39, 0.29) is 5.91 Å². The molecule has 1 aromatic carbocycles. The molecular formula is C16H22ClN3O2. The summed E-state index contributed by atoms with van der Waals surface area (Å²) >= 11 is 5.68. The molecule has 1 aromatic rings. The number of rotatable bonds is 7. The second kappa shape index (κ2) is 9.23. The molecule has 3 atom stereocenters. The monoisotopic (exact) mass is 323 g/mol. The van der Waals surface area contributed by atoms with Crippen molar-refractivity contribution in [3.63, 3.8) is 0 Å². The van der Waals surface area contributed by atoms with Gasteiger partial charge in [-0.15, -0.1) is 11.6 Å². The molecule has 0 aromatic heterocycles. The van der Waals surface area contributed by atoms with Gasteiger partial charge in [-0.05, 0) is 19.4 Å². The first-order valence-corrected chi connectivity index (χ1v) is 7.47. The molecule has 6 heteroatoms. The van der Waals surface area contributed by atoms with Crippen LogP contribution in [-0.2, 0) is 11.3 Å². The SMILES string of the molecule is CC(Cl)C(=O)NC(C)C(O)C(C=NCc1ccccc1)=CN. The Labute approximate surface area is 135 Å². The molecule has 4 N–H and O–H groups in total. The first kappa shape index (κ1) is 18.2. The van der Waals surface area contributed by atoms with Gasteiger partial charge in [0.2, 0.25) is 5.91 Å². The molecule has 0 saturated heterocycles. The first-order valence-electron chi connectivity index (χ1n) is 7.03. The highest BCUT2D eigenvalue weighted by atomic mass is 35.5. The Balaban J connectivity index is 2.61. The molecule has 0 bridgehead atoms. The van der Waals surface area contributed by atoms with Crippen molar-refractivity contribution in [2.24, 2.45) is 10.7 Å². The molecule has 0 spiro atoms. The zero-order valence-electron chi connectivity index (χ0n) is 12.7. The van der Waals surface area contributed by atoms with Crippen LogP contribution in [0.1, 0.15) is 19.4 Å². The Morgan fingerprint density at radius 3 is 2.59 bits per heavy atom. The number of nitrogens with two attached hydrogens (primary N) is 1. The molecule has 0 radical (unpaired) electrons. The van der Waals surface area contributed by atoms with E-state index in [1.54, 1.807) is 13.8 Å². The molecule has 0 aliphatic carbocycles. The quantitative estimate of drug-likeness (QED) is 0.526. The molecule has 0 aliphatic rings. The van der Waals surface area contributed by atoms with Crippen molar-refractivity contribution in [2.45, 2.75) is 37.9 Å². The first-order chi connectivity index (χ1) is 10.5. The average molecular weight is 324 g/mol. The van der Waals surface area contributed by atoms with Gasteiger partial charge in [0.25, 0.3) is 0 Å². The third kappa shape index (κ3) is 5.87. The maximum atomic E-state index is 11.5. The van der Waals surface area contributed by atoms with Gasteiger partial charge < -0.3 is 16.2 Å². The van der Waals surface area contributed by atoms with Gasteiger partial charge in [0.15, 0.2) is 0 Å². The van der Waals surface area contributed by atoms with E-state index in [0.717, 1.165) is 5.56 Å². The largest absolute Gasteiger partial charge is 0.404 e. The molecule has 3 unspecified atom stereocenters. The smallest absolute Gasteiger partial charge is 0.238 e. The Kier molecular flexibility index (Phi) is 7.63. The highest BCUT2D eigenvalue weighted by Crippen LogP contribution is 2.07. The molecule has 0 heterocycles. The van der Waals surface area contributed by atoms with Crippen molar-refractivity contribution in [3.8, 4) is 0 Å². The van der Waals surface area contributed by atoms with Crippen LogP contribution in [0.5, 0.6) is 0 Å². The van der Waals surface area contributed by atoms with Crippen LogP contribution in [0.3, 0.4) is 0 Å². The molecule has 1 rings (SSSR count). The number of nitrogens with zero attached hydrogens (tertiary/aromatic N) is 1. The number of halogens is 1. The number of aliphatic imine (C=N–C) groups is 1. The number of carbonyl (C=O) groups is 1. The Bertz CT molecular complexity index is 529. The number of aliphatic hydroxyl groups excluding tert-OH is 1. The fourth-order valence-corrected chi connectivity index (χ4v) is 1.83. The van der Waals surface area contributed by atoms with Crippen LogP contribution in [0.25, 0.3) is 0 Å². The molecule has 1 amide bonds. The topological polar surface area (TPSA) is 87.7 Å². The lowest BCUT2D eigenvalue weighted by Gasteiger charge is -2.21. The molecule has 5 nitrogen and oxygen atoms in total. The van der Waals surface area contributed by atoms with Crippen LogP contribution < -0.4 is 11.1 Å². The van der Waals surface area contributed by atoms with Crippen molar-refractivity contribution < 1.29 is 9.90 Å². The van der Waals surface area contributed by atoms with Gasteiger partial charge in [-0.2, -0.15) is 0 Å². The third-order valence-corrected chi connectivity index (χ3v) is 3.29. The van der Waals surface area contributed by atoms with Crippen LogP contribution in [0.4, 0.5) is 0 Å². The van der Waals surface area contributed by atoms with Crippen LogP contribution in [0, 0.1) is 0 Å². The third-order valence-electron chi connectivity index (χ3n) is 3.10. The van der Waals surface area contributed by atoms with Crippen LogP contribution in [0.2, 0.25) is 0 Å². The van der Waals surface area contributed by atoms with Gasteiger partial charge in [-0.1, -0.05) is 30.3 Å². The number of nitrogens with one attached hydrogen (secondary N) is 1. The van der Waals surface area contributed by atoms with Gasteiger partial charge in [-0.25, -0.2) is 0 Å². The van der Waals surface area contributed by atoms with Crippen molar-refractivity contribution in [3.05, 3.63) is 47.7 Å².